The molecule has 2 N–H and O–H groups in total. The summed E-state index contributed by atoms with van der Waals surface area (Å²) in [7, 11) is 0. The number of ether oxygens (including phenoxy) is 1. The van der Waals surface area contributed by atoms with E-state index in [0.717, 1.165) is 24.5 Å². The van der Waals surface area contributed by atoms with Crippen molar-refractivity contribution in [3.8, 4) is 6.07 Å². The highest BCUT2D eigenvalue weighted by atomic mass is 35.5. The zero-order valence-electron chi connectivity index (χ0n) is 14.9. The van der Waals surface area contributed by atoms with Gasteiger partial charge in [0, 0.05) is 24.3 Å². The van der Waals surface area contributed by atoms with Crippen LogP contribution in [0.3, 0.4) is 0 Å². The lowest BCUT2D eigenvalue weighted by Gasteiger charge is -2.30. The Labute approximate surface area is 173 Å². The molecule has 28 heavy (non-hydrogen) atoms. The van der Waals surface area contributed by atoms with E-state index in [1.807, 2.05) is 30.3 Å². The van der Waals surface area contributed by atoms with E-state index in [9.17, 15) is 10.1 Å². The average molecular weight is 417 g/mol. The van der Waals surface area contributed by atoms with Crippen LogP contribution in [0.2, 0.25) is 10.0 Å². The molecule has 1 aliphatic rings. The second-order valence-corrected chi connectivity index (χ2v) is 6.85. The molecule has 0 unspecified atom stereocenters. The van der Waals surface area contributed by atoms with Gasteiger partial charge in [0.1, 0.15) is 11.6 Å². The predicted octanol–water partition coefficient (Wildman–Crippen LogP) is 4.29. The normalized spacial score (nSPS) is 14.3. The maximum absolute atomic E-state index is 12.4. The molecule has 1 aliphatic heterocycles. The first-order chi connectivity index (χ1) is 13.6. The highest BCUT2D eigenvalue weighted by molar-refractivity contribution is 6.36. The van der Waals surface area contributed by atoms with Gasteiger partial charge in [-0.15, -0.1) is 0 Å². The largest absolute Gasteiger partial charge is 0.378 e. The van der Waals surface area contributed by atoms with Gasteiger partial charge >= 0.3 is 0 Å². The third-order valence-corrected chi connectivity index (χ3v) is 4.72. The van der Waals surface area contributed by atoms with Gasteiger partial charge in [0.15, 0.2) is 0 Å². The fourth-order valence-electron chi connectivity index (χ4n) is 2.75. The maximum atomic E-state index is 12.4. The third-order valence-electron chi connectivity index (χ3n) is 4.17. The van der Waals surface area contributed by atoms with Gasteiger partial charge in [-0.1, -0.05) is 35.3 Å². The van der Waals surface area contributed by atoms with Crippen LogP contribution in [0, 0.1) is 11.3 Å². The standard InChI is InChI=1S/C20H18Cl2N4O2/c21-15-5-6-17(16(22)11-15)25-20(27)14(12-23)13-24-18-3-1-2-4-19(18)26-7-9-28-10-8-26/h1-6,11,13,24H,7-10H2,(H,25,27)/b14-13-. The minimum atomic E-state index is -0.567. The number of rotatable bonds is 5. The van der Waals surface area contributed by atoms with Crippen molar-refractivity contribution >= 4 is 46.2 Å². The quantitative estimate of drug-likeness (QED) is 0.561. The molecule has 1 heterocycles. The fraction of sp³-hybridized carbons (Fsp3) is 0.200. The van der Waals surface area contributed by atoms with Gasteiger partial charge in [-0.05, 0) is 30.3 Å². The summed E-state index contributed by atoms with van der Waals surface area (Å²) < 4.78 is 5.39. The van der Waals surface area contributed by atoms with Crippen molar-refractivity contribution in [1.82, 2.24) is 0 Å². The number of halogens is 2. The van der Waals surface area contributed by atoms with Gasteiger partial charge in [-0.2, -0.15) is 5.26 Å². The molecule has 3 rings (SSSR count). The fourth-order valence-corrected chi connectivity index (χ4v) is 3.21. The van der Waals surface area contributed by atoms with Gasteiger partial charge in [-0.3, -0.25) is 4.79 Å². The lowest BCUT2D eigenvalue weighted by molar-refractivity contribution is -0.112. The van der Waals surface area contributed by atoms with Crippen molar-refractivity contribution in [3.63, 3.8) is 0 Å². The topological polar surface area (TPSA) is 77.4 Å². The summed E-state index contributed by atoms with van der Waals surface area (Å²) in [5.41, 5.74) is 2.09. The van der Waals surface area contributed by atoms with E-state index in [1.54, 1.807) is 12.1 Å². The molecule has 6 nitrogen and oxygen atoms in total. The monoisotopic (exact) mass is 416 g/mol. The maximum Gasteiger partial charge on any atom is 0.267 e. The molecule has 1 amide bonds. The molecule has 1 saturated heterocycles. The van der Waals surface area contributed by atoms with E-state index in [-0.39, 0.29) is 5.57 Å². The molecule has 8 heteroatoms. The number of hydrogen-bond donors (Lipinski definition) is 2. The number of nitriles is 1. The second-order valence-electron chi connectivity index (χ2n) is 6.01. The number of hydrogen-bond acceptors (Lipinski definition) is 5. The van der Waals surface area contributed by atoms with Crippen LogP contribution >= 0.6 is 23.2 Å². The molecule has 144 valence electrons. The molecule has 0 bridgehead atoms. The van der Waals surface area contributed by atoms with Crippen LogP contribution in [0.5, 0.6) is 0 Å². The highest BCUT2D eigenvalue weighted by Crippen LogP contribution is 2.27. The molecule has 0 aromatic heterocycles. The first kappa shape index (κ1) is 20.0. The highest BCUT2D eigenvalue weighted by Gasteiger charge is 2.15. The van der Waals surface area contributed by atoms with Crippen molar-refractivity contribution in [2.75, 3.05) is 41.8 Å². The van der Waals surface area contributed by atoms with E-state index < -0.39 is 5.91 Å². The third kappa shape index (κ3) is 4.96. The number of amides is 1. The van der Waals surface area contributed by atoms with Crippen LogP contribution in [0.15, 0.2) is 54.2 Å². The summed E-state index contributed by atoms with van der Waals surface area (Å²) in [6.07, 6.45) is 1.39. The molecule has 1 fully saturated rings. The number of morpholine rings is 1. The van der Waals surface area contributed by atoms with Crippen molar-refractivity contribution in [2.24, 2.45) is 0 Å². The summed E-state index contributed by atoms with van der Waals surface area (Å²) in [4.78, 5) is 14.6. The molecule has 2 aromatic rings. The van der Waals surface area contributed by atoms with Crippen LogP contribution in [-0.4, -0.2) is 32.2 Å². The van der Waals surface area contributed by atoms with Gasteiger partial charge in [-0.25, -0.2) is 0 Å². The number of carbonyl (C=O) groups excluding carboxylic acids is 1. The first-order valence-electron chi connectivity index (χ1n) is 8.63. The summed E-state index contributed by atoms with van der Waals surface area (Å²) in [6, 6.07) is 14.3. The lowest BCUT2D eigenvalue weighted by Crippen LogP contribution is -2.36. The minimum Gasteiger partial charge on any atom is -0.378 e. The van der Waals surface area contributed by atoms with Crippen LogP contribution in [0.1, 0.15) is 0 Å². The Balaban J connectivity index is 1.75. The molecule has 0 aliphatic carbocycles. The van der Waals surface area contributed by atoms with Crippen molar-refractivity contribution < 1.29 is 9.53 Å². The molecular weight excluding hydrogens is 399 g/mol. The van der Waals surface area contributed by atoms with Gasteiger partial charge in [0.25, 0.3) is 5.91 Å². The Morgan fingerprint density at radius 2 is 1.89 bits per heavy atom. The predicted molar refractivity (Wildman–Crippen MR) is 112 cm³/mol. The smallest absolute Gasteiger partial charge is 0.267 e. The van der Waals surface area contributed by atoms with Gasteiger partial charge < -0.3 is 20.3 Å². The van der Waals surface area contributed by atoms with Gasteiger partial charge in [0.05, 0.1) is 35.3 Å². The minimum absolute atomic E-state index is 0.0807. The SMILES string of the molecule is N#C/C(=C/Nc1ccccc1N1CCOCC1)C(=O)Nc1ccc(Cl)cc1Cl. The van der Waals surface area contributed by atoms with Crippen LogP contribution in [0.4, 0.5) is 17.1 Å². The molecule has 0 atom stereocenters. The number of nitrogens with one attached hydrogen (secondary N) is 2. The zero-order chi connectivity index (χ0) is 19.9. The molecule has 0 saturated carbocycles. The number of benzene rings is 2. The Hall–Kier alpha value is -2.72. The average Bonchev–Trinajstić information content (AvgIpc) is 2.71. The van der Waals surface area contributed by atoms with Crippen molar-refractivity contribution in [1.29, 1.82) is 5.26 Å². The number of anilines is 3. The Morgan fingerprint density at radius 3 is 2.61 bits per heavy atom. The van der Waals surface area contributed by atoms with Gasteiger partial charge in [0.2, 0.25) is 0 Å². The van der Waals surface area contributed by atoms with Crippen molar-refractivity contribution in [2.45, 2.75) is 0 Å². The van der Waals surface area contributed by atoms with E-state index in [2.05, 4.69) is 15.5 Å². The Kier molecular flexibility index (Phi) is 6.77. The summed E-state index contributed by atoms with van der Waals surface area (Å²) in [6.45, 7) is 2.89. The molecule has 2 aromatic carbocycles. The van der Waals surface area contributed by atoms with E-state index in [0.29, 0.717) is 28.9 Å². The number of nitrogens with zero attached hydrogens (tertiary/aromatic N) is 2. The van der Waals surface area contributed by atoms with Crippen molar-refractivity contribution in [3.05, 3.63) is 64.3 Å². The molecule has 0 radical (unpaired) electrons. The van der Waals surface area contributed by atoms with Crippen LogP contribution < -0.4 is 15.5 Å². The summed E-state index contributed by atoms with van der Waals surface area (Å²) in [5.74, 6) is -0.567. The van der Waals surface area contributed by atoms with Crippen LogP contribution in [-0.2, 0) is 9.53 Å². The zero-order valence-corrected chi connectivity index (χ0v) is 16.4. The summed E-state index contributed by atoms with van der Waals surface area (Å²) >= 11 is 11.9. The second kappa shape index (κ2) is 9.47. The Morgan fingerprint density at radius 1 is 1.14 bits per heavy atom. The van der Waals surface area contributed by atoms with E-state index in [4.69, 9.17) is 27.9 Å². The molecule has 0 spiro atoms. The number of carbonyl (C=O) groups is 1. The Bertz CT molecular complexity index is 934. The van der Waals surface area contributed by atoms with E-state index >= 15 is 0 Å². The summed E-state index contributed by atoms with van der Waals surface area (Å²) in [5, 5.41) is 15.8. The van der Waals surface area contributed by atoms with E-state index in [1.165, 1.54) is 12.3 Å². The lowest BCUT2D eigenvalue weighted by atomic mass is 10.2. The first-order valence-corrected chi connectivity index (χ1v) is 9.39. The van der Waals surface area contributed by atoms with Crippen LogP contribution in [0.25, 0.3) is 0 Å². The number of para-hydroxylation sites is 2. The molecular formula is C20H18Cl2N4O2.